The number of aromatic amines is 1. The van der Waals surface area contributed by atoms with Crippen LogP contribution in [0.5, 0.6) is 0 Å². The Morgan fingerprint density at radius 2 is 2.33 bits per heavy atom. The maximum Gasteiger partial charge on any atom is 0.272 e. The Bertz CT molecular complexity index is 448. The quantitative estimate of drug-likeness (QED) is 0.663. The molecule has 2 N–H and O–H groups in total. The van der Waals surface area contributed by atoms with Crippen molar-refractivity contribution in [2.75, 3.05) is 0 Å². The molecule has 0 unspecified atom stereocenters. The maximum absolute atomic E-state index is 11.5. The molecule has 78 valence electrons. The predicted octanol–water partition coefficient (Wildman–Crippen LogP) is -0.0885. The molecule has 1 amide bonds. The van der Waals surface area contributed by atoms with Crippen LogP contribution in [0.25, 0.3) is 0 Å². The molecule has 0 saturated carbocycles. The van der Waals surface area contributed by atoms with Gasteiger partial charge in [0.15, 0.2) is 0 Å². The van der Waals surface area contributed by atoms with Gasteiger partial charge in [-0.15, -0.1) is 6.42 Å². The minimum Gasteiger partial charge on any atom is -0.335 e. The Balaban J connectivity index is 2.84. The first kappa shape index (κ1) is 11.0. The second kappa shape index (κ2) is 3.96. The molecule has 0 atom stereocenters. The lowest BCUT2D eigenvalue weighted by molar-refractivity contribution is 0.0924. The zero-order valence-corrected chi connectivity index (χ0v) is 8.50. The van der Waals surface area contributed by atoms with E-state index in [1.807, 2.05) is 0 Å². The molecule has 1 aromatic heterocycles. The summed E-state index contributed by atoms with van der Waals surface area (Å²) in [5.41, 5.74) is -0.977. The van der Waals surface area contributed by atoms with E-state index in [1.54, 1.807) is 13.8 Å². The van der Waals surface area contributed by atoms with Crippen molar-refractivity contribution >= 4 is 5.91 Å². The summed E-state index contributed by atoms with van der Waals surface area (Å²) in [5.74, 6) is 2.00. The molecule has 15 heavy (non-hydrogen) atoms. The molecule has 0 fully saturated rings. The van der Waals surface area contributed by atoms with Crippen molar-refractivity contribution < 1.29 is 4.79 Å². The molecule has 0 radical (unpaired) electrons. The number of H-pyrrole nitrogens is 1. The van der Waals surface area contributed by atoms with Crippen LogP contribution in [0.15, 0.2) is 17.2 Å². The van der Waals surface area contributed by atoms with E-state index in [4.69, 9.17) is 6.42 Å². The third-order valence-electron chi connectivity index (χ3n) is 1.69. The van der Waals surface area contributed by atoms with Crippen molar-refractivity contribution in [2.45, 2.75) is 19.4 Å². The summed E-state index contributed by atoms with van der Waals surface area (Å²) in [5, 5.41) is 2.58. The number of rotatable bonds is 2. The summed E-state index contributed by atoms with van der Waals surface area (Å²) in [7, 11) is 0. The Labute approximate surface area is 86.9 Å². The lowest BCUT2D eigenvalue weighted by Gasteiger charge is -2.18. The van der Waals surface area contributed by atoms with Gasteiger partial charge in [0.2, 0.25) is 0 Å². The van der Waals surface area contributed by atoms with E-state index >= 15 is 0 Å². The Kier molecular flexibility index (Phi) is 2.90. The van der Waals surface area contributed by atoms with Crippen LogP contribution in [0.4, 0.5) is 0 Å². The molecule has 0 aliphatic carbocycles. The highest BCUT2D eigenvalue weighted by Crippen LogP contribution is 2.00. The molecule has 0 aromatic carbocycles. The number of nitrogens with one attached hydrogen (secondary N) is 2. The van der Waals surface area contributed by atoms with Crippen LogP contribution in [-0.4, -0.2) is 21.4 Å². The van der Waals surface area contributed by atoms with Gasteiger partial charge >= 0.3 is 0 Å². The maximum atomic E-state index is 11.5. The Morgan fingerprint density at radius 3 is 2.80 bits per heavy atom. The fourth-order valence-corrected chi connectivity index (χ4v) is 0.850. The number of terminal acetylenes is 1. The topological polar surface area (TPSA) is 74.8 Å². The lowest BCUT2D eigenvalue weighted by atomic mass is 10.1. The summed E-state index contributed by atoms with van der Waals surface area (Å²) >= 11 is 0. The molecule has 0 bridgehead atoms. The van der Waals surface area contributed by atoms with Crippen LogP contribution in [0.3, 0.4) is 0 Å². The fourth-order valence-electron chi connectivity index (χ4n) is 0.850. The fraction of sp³-hybridized carbons (Fsp3) is 0.300. The highest BCUT2D eigenvalue weighted by molar-refractivity contribution is 5.92. The van der Waals surface area contributed by atoms with Gasteiger partial charge in [0, 0.05) is 6.20 Å². The average Bonchev–Trinajstić information content (AvgIpc) is 2.18. The van der Waals surface area contributed by atoms with E-state index in [-0.39, 0.29) is 11.3 Å². The van der Waals surface area contributed by atoms with E-state index in [1.165, 1.54) is 6.20 Å². The number of carbonyl (C=O) groups excluding carboxylic acids is 1. The normalized spacial score (nSPS) is 10.5. The average molecular weight is 205 g/mol. The first-order chi connectivity index (χ1) is 6.94. The van der Waals surface area contributed by atoms with Crippen molar-refractivity contribution in [2.24, 2.45) is 0 Å². The zero-order valence-electron chi connectivity index (χ0n) is 8.50. The molecule has 0 spiro atoms. The number of hydrogen-bond donors (Lipinski definition) is 2. The van der Waals surface area contributed by atoms with Crippen molar-refractivity contribution in [3.63, 3.8) is 0 Å². The molecule has 1 rings (SSSR count). The summed E-state index contributed by atoms with van der Waals surface area (Å²) in [6, 6.07) is 0. The molecular formula is C10H11N3O2. The number of nitrogens with zero attached hydrogens (tertiary/aromatic N) is 1. The van der Waals surface area contributed by atoms with E-state index in [0.717, 1.165) is 6.20 Å². The molecule has 5 nitrogen and oxygen atoms in total. The number of amides is 1. The van der Waals surface area contributed by atoms with Gasteiger partial charge in [0.25, 0.3) is 11.5 Å². The monoisotopic (exact) mass is 205 g/mol. The smallest absolute Gasteiger partial charge is 0.272 e. The van der Waals surface area contributed by atoms with Crippen LogP contribution < -0.4 is 10.9 Å². The first-order valence-corrected chi connectivity index (χ1v) is 4.29. The SMILES string of the molecule is C#CC(C)(C)NC(=O)c1c[nH]c(=O)cn1. The molecule has 0 saturated heterocycles. The van der Waals surface area contributed by atoms with Crippen LogP contribution in [0, 0.1) is 12.3 Å². The van der Waals surface area contributed by atoms with Crippen LogP contribution >= 0.6 is 0 Å². The largest absolute Gasteiger partial charge is 0.335 e. The second-order valence-electron chi connectivity index (χ2n) is 3.52. The van der Waals surface area contributed by atoms with Crippen molar-refractivity contribution in [1.29, 1.82) is 0 Å². The second-order valence-corrected chi connectivity index (χ2v) is 3.52. The number of aromatic nitrogens is 2. The summed E-state index contributed by atoms with van der Waals surface area (Å²) in [6.45, 7) is 3.38. The molecule has 1 aromatic rings. The summed E-state index contributed by atoms with van der Waals surface area (Å²) in [6.07, 6.45) is 7.49. The van der Waals surface area contributed by atoms with Crippen LogP contribution in [0.1, 0.15) is 24.3 Å². The van der Waals surface area contributed by atoms with Gasteiger partial charge in [-0.3, -0.25) is 9.59 Å². The number of hydrogen-bond acceptors (Lipinski definition) is 3. The van der Waals surface area contributed by atoms with E-state index in [2.05, 4.69) is 21.2 Å². The van der Waals surface area contributed by atoms with Crippen LogP contribution in [0.2, 0.25) is 0 Å². The molecule has 5 heteroatoms. The minimum absolute atomic E-state index is 0.123. The van der Waals surface area contributed by atoms with E-state index in [0.29, 0.717) is 0 Å². The van der Waals surface area contributed by atoms with Crippen molar-refractivity contribution in [3.8, 4) is 12.3 Å². The summed E-state index contributed by atoms with van der Waals surface area (Å²) < 4.78 is 0. The number of carbonyl (C=O) groups is 1. The van der Waals surface area contributed by atoms with Crippen molar-refractivity contribution in [1.82, 2.24) is 15.3 Å². The third kappa shape index (κ3) is 2.95. The zero-order chi connectivity index (χ0) is 11.5. The van der Waals surface area contributed by atoms with Gasteiger partial charge in [0.05, 0.1) is 11.7 Å². The van der Waals surface area contributed by atoms with Gasteiger partial charge in [-0.1, -0.05) is 5.92 Å². The minimum atomic E-state index is -0.741. The van der Waals surface area contributed by atoms with Crippen LogP contribution in [-0.2, 0) is 0 Å². The highest BCUT2D eigenvalue weighted by Gasteiger charge is 2.18. The van der Waals surface area contributed by atoms with Gasteiger partial charge in [0.1, 0.15) is 5.69 Å². The lowest BCUT2D eigenvalue weighted by Crippen LogP contribution is -2.42. The molecule has 0 aliphatic heterocycles. The Morgan fingerprint density at radius 1 is 1.67 bits per heavy atom. The van der Waals surface area contributed by atoms with E-state index < -0.39 is 11.4 Å². The molecule has 0 aliphatic rings. The van der Waals surface area contributed by atoms with Gasteiger partial charge in [-0.2, -0.15) is 0 Å². The predicted molar refractivity (Wildman–Crippen MR) is 55.2 cm³/mol. The van der Waals surface area contributed by atoms with Crippen molar-refractivity contribution in [3.05, 3.63) is 28.4 Å². The standard InChI is InChI=1S/C10H11N3O2/c1-4-10(2,3)13-9(15)7-5-12-8(14)6-11-7/h1,5-6H,2-3H3,(H,12,14)(H,13,15). The van der Waals surface area contributed by atoms with Gasteiger partial charge in [-0.25, -0.2) is 4.98 Å². The first-order valence-electron chi connectivity index (χ1n) is 4.29. The summed E-state index contributed by atoms with van der Waals surface area (Å²) in [4.78, 5) is 28.3. The van der Waals surface area contributed by atoms with Gasteiger partial charge < -0.3 is 10.3 Å². The third-order valence-corrected chi connectivity index (χ3v) is 1.69. The Hall–Kier alpha value is -2.09. The molecular weight excluding hydrogens is 194 g/mol. The highest BCUT2D eigenvalue weighted by atomic mass is 16.2. The van der Waals surface area contributed by atoms with Gasteiger partial charge in [-0.05, 0) is 13.8 Å². The molecule has 1 heterocycles. The van der Waals surface area contributed by atoms with E-state index in [9.17, 15) is 9.59 Å².